The summed E-state index contributed by atoms with van der Waals surface area (Å²) in [6, 6.07) is 11.2. The third kappa shape index (κ3) is 6.08. The molecule has 8 atom stereocenters. The van der Waals surface area contributed by atoms with Crippen LogP contribution in [0, 0.1) is 0 Å². The first-order valence-corrected chi connectivity index (χ1v) is 12.3. The Kier molecular flexibility index (Phi) is 9.04. The van der Waals surface area contributed by atoms with Crippen LogP contribution < -0.4 is 4.74 Å². The smallest absolute Gasteiger partial charge is 0.344 e. The van der Waals surface area contributed by atoms with E-state index >= 15 is 0 Å². The third-order valence-electron chi connectivity index (χ3n) is 6.63. The molecule has 1 heterocycles. The van der Waals surface area contributed by atoms with Gasteiger partial charge in [-0.05, 0) is 42.5 Å². The highest BCUT2D eigenvalue weighted by atomic mass is 16.7. The van der Waals surface area contributed by atoms with Gasteiger partial charge in [-0.3, -0.25) is 4.79 Å². The molecule has 0 saturated carbocycles. The molecule has 14 heteroatoms. The molecule has 2 aromatic rings. The van der Waals surface area contributed by atoms with E-state index in [4.69, 9.17) is 18.9 Å². The minimum Gasteiger partial charge on any atom is -0.508 e. The normalized spacial score (nSPS) is 31.4. The molecule has 1 aliphatic carbocycles. The summed E-state index contributed by atoms with van der Waals surface area (Å²) in [5.74, 6) is -3.97. The molecule has 0 amide bonds. The second-order valence-corrected chi connectivity index (χ2v) is 9.36. The van der Waals surface area contributed by atoms with Crippen LogP contribution in [0.15, 0.2) is 60.7 Å². The van der Waals surface area contributed by atoms with Crippen molar-refractivity contribution in [2.45, 2.75) is 55.1 Å². The molecule has 0 spiro atoms. The largest absolute Gasteiger partial charge is 0.508 e. The maximum atomic E-state index is 12.7. The molecule has 0 aromatic heterocycles. The minimum atomic E-state index is -3.01. The van der Waals surface area contributed by atoms with Crippen LogP contribution in [-0.2, 0) is 30.4 Å². The minimum absolute atomic E-state index is 0.0681. The van der Waals surface area contributed by atoms with Crippen molar-refractivity contribution in [3.05, 3.63) is 71.8 Å². The first-order valence-electron chi connectivity index (χ1n) is 12.3. The Morgan fingerprint density at radius 1 is 1.00 bits per heavy atom. The standard InChI is InChI=1S/C27H28O14/c28-11-18-20(32)21(33)22(41-24(35)13-4-2-1-3-5-13)25(40-18)39-17-8-6-15(29)10-14(17)12-38-26(36)27(37)19(31)9-7-16(30)23(27)34/h1-10,18-23,25,28-29,31-34,37H,11-12H2/t18-,19-,20-,21+,22-,23+,25-,27-/m1/s1. The van der Waals surface area contributed by atoms with Crippen molar-refractivity contribution in [2.75, 3.05) is 6.61 Å². The lowest BCUT2D eigenvalue weighted by Gasteiger charge is -2.41. The number of rotatable bonds is 8. The fraction of sp³-hybridized carbons (Fsp3) is 0.370. The number of phenols is 1. The lowest BCUT2D eigenvalue weighted by molar-refractivity contribution is -0.276. The zero-order valence-corrected chi connectivity index (χ0v) is 21.2. The summed E-state index contributed by atoms with van der Waals surface area (Å²) in [5, 5.41) is 71.3. The van der Waals surface area contributed by atoms with Gasteiger partial charge in [-0.15, -0.1) is 0 Å². The maximum Gasteiger partial charge on any atom is 0.344 e. The third-order valence-corrected chi connectivity index (χ3v) is 6.63. The Morgan fingerprint density at radius 3 is 2.39 bits per heavy atom. The number of aromatic hydroxyl groups is 1. The number of phenolic OH excluding ortho intramolecular Hbond substituents is 1. The second-order valence-electron chi connectivity index (χ2n) is 9.36. The Hall–Kier alpha value is -3.89. The van der Waals surface area contributed by atoms with Crippen LogP contribution >= 0.6 is 0 Å². The highest BCUT2D eigenvalue weighted by Gasteiger charge is 2.55. The van der Waals surface area contributed by atoms with Crippen molar-refractivity contribution < 1.29 is 69.1 Å². The van der Waals surface area contributed by atoms with E-state index in [9.17, 15) is 50.1 Å². The van der Waals surface area contributed by atoms with E-state index in [-0.39, 0.29) is 22.6 Å². The number of esters is 2. The molecular weight excluding hydrogens is 548 g/mol. The SMILES string of the molecule is O=C(O[C@H]1[C@H](Oc2ccc(O)cc2COC(=O)[C@@]2(O)[C@H](O)C=CC(=O)[C@@H]2O)O[C@H](CO)[C@@H](O)[C@@H]1O)c1ccccc1. The Bertz CT molecular complexity index is 1300. The molecule has 0 unspecified atom stereocenters. The zero-order valence-electron chi connectivity index (χ0n) is 21.2. The van der Waals surface area contributed by atoms with Crippen molar-refractivity contribution in [1.29, 1.82) is 0 Å². The fourth-order valence-corrected chi connectivity index (χ4v) is 4.25. The van der Waals surface area contributed by atoms with E-state index in [0.717, 1.165) is 18.2 Å². The van der Waals surface area contributed by atoms with Gasteiger partial charge in [0, 0.05) is 5.56 Å². The molecule has 1 fully saturated rings. The first-order chi connectivity index (χ1) is 19.5. The van der Waals surface area contributed by atoms with E-state index in [1.54, 1.807) is 18.2 Å². The summed E-state index contributed by atoms with van der Waals surface area (Å²) < 4.78 is 21.8. The van der Waals surface area contributed by atoms with Crippen molar-refractivity contribution in [2.24, 2.45) is 0 Å². The number of hydrogen-bond acceptors (Lipinski definition) is 14. The lowest BCUT2D eigenvalue weighted by atomic mass is 9.83. The predicted molar refractivity (Wildman–Crippen MR) is 133 cm³/mol. The molecular formula is C27H28O14. The number of aliphatic hydroxyl groups excluding tert-OH is 5. The summed E-state index contributed by atoms with van der Waals surface area (Å²) in [7, 11) is 0. The summed E-state index contributed by atoms with van der Waals surface area (Å²) in [4.78, 5) is 37.1. The summed E-state index contributed by atoms with van der Waals surface area (Å²) >= 11 is 0. The van der Waals surface area contributed by atoms with Gasteiger partial charge in [0.25, 0.3) is 0 Å². The molecule has 2 aromatic carbocycles. The quantitative estimate of drug-likeness (QED) is 0.170. The van der Waals surface area contributed by atoms with E-state index in [2.05, 4.69) is 0 Å². The van der Waals surface area contributed by atoms with Gasteiger partial charge in [-0.25, -0.2) is 9.59 Å². The molecule has 0 bridgehead atoms. The lowest BCUT2D eigenvalue weighted by Crippen LogP contribution is -2.62. The number of hydrogen-bond donors (Lipinski definition) is 7. The van der Waals surface area contributed by atoms with Gasteiger partial charge in [-0.1, -0.05) is 18.2 Å². The van der Waals surface area contributed by atoms with Gasteiger partial charge in [0.15, 0.2) is 18.0 Å². The van der Waals surface area contributed by atoms with Crippen LogP contribution in [0.3, 0.4) is 0 Å². The molecule has 4 rings (SSSR count). The maximum absolute atomic E-state index is 12.7. The number of ether oxygens (including phenoxy) is 4. The van der Waals surface area contributed by atoms with Crippen LogP contribution in [0.2, 0.25) is 0 Å². The molecule has 1 saturated heterocycles. The number of ketones is 1. The Morgan fingerprint density at radius 2 is 1.71 bits per heavy atom. The summed E-state index contributed by atoms with van der Waals surface area (Å²) in [6.45, 7) is -1.48. The average molecular weight is 577 g/mol. The summed E-state index contributed by atoms with van der Waals surface area (Å²) in [6.07, 6.45) is -10.7. The fourth-order valence-electron chi connectivity index (χ4n) is 4.25. The molecule has 41 heavy (non-hydrogen) atoms. The van der Waals surface area contributed by atoms with Gasteiger partial charge in [0.1, 0.15) is 42.5 Å². The van der Waals surface area contributed by atoms with Crippen LogP contribution in [0.4, 0.5) is 0 Å². The second kappa shape index (κ2) is 12.3. The van der Waals surface area contributed by atoms with Crippen molar-refractivity contribution in [1.82, 2.24) is 0 Å². The molecule has 0 radical (unpaired) electrons. The van der Waals surface area contributed by atoms with Gasteiger partial charge >= 0.3 is 11.9 Å². The van der Waals surface area contributed by atoms with Gasteiger partial charge in [0.2, 0.25) is 11.9 Å². The predicted octanol–water partition coefficient (Wildman–Crippen LogP) is -1.93. The molecule has 220 valence electrons. The van der Waals surface area contributed by atoms with Gasteiger partial charge < -0.3 is 54.7 Å². The van der Waals surface area contributed by atoms with Crippen LogP contribution in [0.1, 0.15) is 15.9 Å². The van der Waals surface area contributed by atoms with Gasteiger partial charge in [0.05, 0.1) is 12.2 Å². The molecule has 1 aliphatic heterocycles. The van der Waals surface area contributed by atoms with E-state index in [1.807, 2.05) is 0 Å². The van der Waals surface area contributed by atoms with Crippen LogP contribution in [0.25, 0.3) is 0 Å². The molecule has 2 aliphatic rings. The number of carbonyl (C=O) groups excluding carboxylic acids is 3. The number of benzene rings is 2. The topological polar surface area (TPSA) is 230 Å². The zero-order chi connectivity index (χ0) is 29.9. The van der Waals surface area contributed by atoms with Crippen LogP contribution in [0.5, 0.6) is 11.5 Å². The highest BCUT2D eigenvalue weighted by molar-refractivity contribution is 6.01. The molecule has 7 N–H and O–H groups in total. The van der Waals surface area contributed by atoms with Crippen LogP contribution in [-0.4, -0.2) is 109 Å². The highest BCUT2D eigenvalue weighted by Crippen LogP contribution is 2.32. The van der Waals surface area contributed by atoms with E-state index < -0.39 is 79.5 Å². The van der Waals surface area contributed by atoms with E-state index in [1.165, 1.54) is 24.3 Å². The van der Waals surface area contributed by atoms with Gasteiger partial charge in [-0.2, -0.15) is 0 Å². The molecule has 14 nitrogen and oxygen atoms in total. The summed E-state index contributed by atoms with van der Waals surface area (Å²) in [5.41, 5.74) is -2.96. The monoisotopic (exact) mass is 576 g/mol. The average Bonchev–Trinajstić information content (AvgIpc) is 2.97. The number of aliphatic hydroxyl groups is 6. The Labute approximate surface area is 232 Å². The van der Waals surface area contributed by atoms with E-state index in [0.29, 0.717) is 0 Å². The van der Waals surface area contributed by atoms with Crippen molar-refractivity contribution >= 4 is 17.7 Å². The Balaban J connectivity index is 1.57. The number of carbonyl (C=O) groups is 3. The van der Waals surface area contributed by atoms with Crippen molar-refractivity contribution in [3.63, 3.8) is 0 Å². The first kappa shape index (κ1) is 30.1. The van der Waals surface area contributed by atoms with Crippen molar-refractivity contribution in [3.8, 4) is 11.5 Å².